The molecule has 0 aliphatic rings. The molecule has 3 aromatic carbocycles. The maximum absolute atomic E-state index is 13.9. The molecule has 0 heterocycles. The van der Waals surface area contributed by atoms with Crippen molar-refractivity contribution in [1.82, 2.24) is 0 Å². The molecule has 0 radical (unpaired) electrons. The van der Waals surface area contributed by atoms with Crippen molar-refractivity contribution in [3.05, 3.63) is 70.5 Å². The van der Waals surface area contributed by atoms with Crippen molar-refractivity contribution in [3.63, 3.8) is 0 Å². The zero-order valence-electron chi connectivity index (χ0n) is 16.8. The number of carbonyl (C=O) groups is 1. The van der Waals surface area contributed by atoms with Crippen LogP contribution >= 0.6 is 11.6 Å². The topological polar surface area (TPSA) is 26.3 Å². The third-order valence-electron chi connectivity index (χ3n) is 4.58. The number of fused-ring (bicyclic) bond motifs is 1. The van der Waals surface area contributed by atoms with Crippen molar-refractivity contribution in [1.29, 1.82) is 0 Å². The van der Waals surface area contributed by atoms with Gasteiger partial charge in [0.2, 0.25) is 0 Å². The molecular weight excluding hydrogens is 375 g/mol. The average molecular weight is 399 g/mol. The Bertz CT molecular complexity index is 1030. The molecule has 0 bridgehead atoms. The van der Waals surface area contributed by atoms with Crippen molar-refractivity contribution < 1.29 is 13.9 Å². The molecule has 2 nitrogen and oxygen atoms in total. The summed E-state index contributed by atoms with van der Waals surface area (Å²) in [6.45, 7) is 9.25. The van der Waals surface area contributed by atoms with Gasteiger partial charge in [-0.15, -0.1) is 0 Å². The van der Waals surface area contributed by atoms with Crippen LogP contribution in [-0.4, -0.2) is 11.4 Å². The Hall–Kier alpha value is -2.23. The SMILES string of the molecule is CC(=O)C(OC(C)(C)C)c1c(C)cc2cc(F)ccc2c1-c1ccc(Cl)cc1. The Kier molecular flexibility index (Phi) is 5.60. The monoisotopic (exact) mass is 398 g/mol. The second-order valence-corrected chi connectivity index (χ2v) is 8.51. The highest BCUT2D eigenvalue weighted by Crippen LogP contribution is 2.41. The summed E-state index contributed by atoms with van der Waals surface area (Å²) in [4.78, 5) is 12.6. The Morgan fingerprint density at radius 2 is 1.71 bits per heavy atom. The fourth-order valence-electron chi connectivity index (χ4n) is 3.50. The van der Waals surface area contributed by atoms with Crippen LogP contribution in [0.3, 0.4) is 0 Å². The van der Waals surface area contributed by atoms with Gasteiger partial charge in [-0.05, 0) is 91.9 Å². The first-order valence-corrected chi connectivity index (χ1v) is 9.61. The Morgan fingerprint density at radius 1 is 1.07 bits per heavy atom. The van der Waals surface area contributed by atoms with Crippen molar-refractivity contribution in [2.24, 2.45) is 0 Å². The zero-order chi connectivity index (χ0) is 20.6. The van der Waals surface area contributed by atoms with E-state index in [1.807, 2.05) is 58.0 Å². The minimum Gasteiger partial charge on any atom is -0.360 e. The first-order chi connectivity index (χ1) is 13.1. The normalized spacial score (nSPS) is 13.0. The summed E-state index contributed by atoms with van der Waals surface area (Å²) in [6.07, 6.45) is -0.722. The lowest BCUT2D eigenvalue weighted by Gasteiger charge is -2.29. The van der Waals surface area contributed by atoms with Gasteiger partial charge in [0, 0.05) is 5.02 Å². The number of ether oxygens (including phenoxy) is 1. The second kappa shape index (κ2) is 7.65. The maximum atomic E-state index is 13.9. The van der Waals surface area contributed by atoms with Gasteiger partial charge < -0.3 is 4.74 Å². The average Bonchev–Trinajstić information content (AvgIpc) is 2.58. The Balaban J connectivity index is 2.39. The molecule has 0 saturated heterocycles. The number of halogens is 2. The minimum absolute atomic E-state index is 0.0744. The molecule has 0 spiro atoms. The van der Waals surface area contributed by atoms with E-state index in [1.165, 1.54) is 19.1 Å². The van der Waals surface area contributed by atoms with E-state index in [0.717, 1.165) is 33.0 Å². The molecule has 0 aliphatic carbocycles. The molecular formula is C24H24ClFO2. The van der Waals surface area contributed by atoms with Gasteiger partial charge in [-0.1, -0.05) is 35.9 Å². The summed E-state index contributed by atoms with van der Waals surface area (Å²) in [5, 5.41) is 2.28. The van der Waals surface area contributed by atoms with Crippen LogP contribution in [0.2, 0.25) is 5.02 Å². The lowest BCUT2D eigenvalue weighted by molar-refractivity contribution is -0.138. The van der Waals surface area contributed by atoms with Gasteiger partial charge in [0.15, 0.2) is 5.78 Å². The van der Waals surface area contributed by atoms with Gasteiger partial charge >= 0.3 is 0 Å². The van der Waals surface area contributed by atoms with Gasteiger partial charge in [-0.3, -0.25) is 4.79 Å². The minimum atomic E-state index is -0.722. The van der Waals surface area contributed by atoms with Gasteiger partial charge in [0.05, 0.1) is 5.60 Å². The van der Waals surface area contributed by atoms with E-state index in [4.69, 9.17) is 16.3 Å². The van der Waals surface area contributed by atoms with Crippen LogP contribution in [0, 0.1) is 12.7 Å². The van der Waals surface area contributed by atoms with Crippen LogP contribution in [-0.2, 0) is 9.53 Å². The van der Waals surface area contributed by atoms with Crippen LogP contribution < -0.4 is 0 Å². The number of aryl methyl sites for hydroxylation is 1. The molecule has 1 unspecified atom stereocenters. The molecule has 0 fully saturated rings. The third-order valence-corrected chi connectivity index (χ3v) is 4.84. The summed E-state index contributed by atoms with van der Waals surface area (Å²) in [5.41, 5.74) is 2.97. The van der Waals surface area contributed by atoms with E-state index in [1.54, 1.807) is 6.07 Å². The molecule has 3 rings (SSSR count). The van der Waals surface area contributed by atoms with Crippen molar-refractivity contribution in [3.8, 4) is 11.1 Å². The molecule has 0 N–H and O–H groups in total. The van der Waals surface area contributed by atoms with Crippen molar-refractivity contribution >= 4 is 28.2 Å². The molecule has 146 valence electrons. The first-order valence-electron chi connectivity index (χ1n) is 9.24. The predicted octanol–water partition coefficient (Wildman–Crippen LogP) is 7.05. The lowest BCUT2D eigenvalue weighted by Crippen LogP contribution is -2.27. The second-order valence-electron chi connectivity index (χ2n) is 8.08. The number of hydrogen-bond acceptors (Lipinski definition) is 2. The highest BCUT2D eigenvalue weighted by molar-refractivity contribution is 6.30. The van der Waals surface area contributed by atoms with Gasteiger partial charge in [0.1, 0.15) is 11.9 Å². The van der Waals surface area contributed by atoms with Crippen molar-refractivity contribution in [2.45, 2.75) is 46.3 Å². The van der Waals surface area contributed by atoms with Crippen LogP contribution in [0.25, 0.3) is 21.9 Å². The van der Waals surface area contributed by atoms with Crippen LogP contribution in [0.4, 0.5) is 4.39 Å². The molecule has 0 saturated carbocycles. The fourth-order valence-corrected chi connectivity index (χ4v) is 3.62. The third kappa shape index (κ3) is 4.26. The maximum Gasteiger partial charge on any atom is 0.163 e. The summed E-state index contributed by atoms with van der Waals surface area (Å²) in [6, 6.07) is 14.1. The number of benzene rings is 3. The Labute approximate surface area is 170 Å². The zero-order valence-corrected chi connectivity index (χ0v) is 17.5. The standard InChI is InChI=1S/C24H24ClFO2/c1-14-12-17-13-19(26)10-11-20(17)22(16-6-8-18(25)9-7-16)21(14)23(15(2)27)28-24(3,4)5/h6-13,23H,1-5H3. The van der Waals surface area contributed by atoms with E-state index in [2.05, 4.69) is 0 Å². The highest BCUT2D eigenvalue weighted by Gasteiger charge is 2.29. The largest absolute Gasteiger partial charge is 0.360 e. The fraction of sp³-hybridized carbons (Fsp3) is 0.292. The number of Topliss-reactive ketones (excluding diaryl/α,β-unsaturated/α-hetero) is 1. The first kappa shape index (κ1) is 20.5. The smallest absolute Gasteiger partial charge is 0.163 e. The number of carbonyl (C=O) groups excluding carboxylic acids is 1. The van der Waals surface area contributed by atoms with Crippen molar-refractivity contribution in [2.75, 3.05) is 0 Å². The molecule has 28 heavy (non-hydrogen) atoms. The van der Waals surface area contributed by atoms with Crippen LogP contribution in [0.15, 0.2) is 48.5 Å². The molecule has 0 aliphatic heterocycles. The Morgan fingerprint density at radius 3 is 2.29 bits per heavy atom. The summed E-state index contributed by atoms with van der Waals surface area (Å²) in [7, 11) is 0. The molecule has 1 atom stereocenters. The van der Waals surface area contributed by atoms with Gasteiger partial charge in [-0.2, -0.15) is 0 Å². The molecule has 3 aromatic rings. The number of rotatable bonds is 4. The van der Waals surface area contributed by atoms with E-state index in [0.29, 0.717) is 5.02 Å². The van der Waals surface area contributed by atoms with Crippen LogP contribution in [0.1, 0.15) is 44.9 Å². The molecule has 0 aromatic heterocycles. The number of hydrogen-bond donors (Lipinski definition) is 0. The quantitative estimate of drug-likeness (QED) is 0.470. The van der Waals surface area contributed by atoms with Gasteiger partial charge in [0.25, 0.3) is 0 Å². The van der Waals surface area contributed by atoms with Gasteiger partial charge in [-0.25, -0.2) is 4.39 Å². The summed E-state index contributed by atoms with van der Waals surface area (Å²) < 4.78 is 20.0. The van der Waals surface area contributed by atoms with E-state index in [9.17, 15) is 9.18 Å². The van der Waals surface area contributed by atoms with E-state index < -0.39 is 11.7 Å². The summed E-state index contributed by atoms with van der Waals surface area (Å²) >= 11 is 6.08. The van der Waals surface area contributed by atoms with Crippen LogP contribution in [0.5, 0.6) is 0 Å². The van der Waals surface area contributed by atoms with E-state index >= 15 is 0 Å². The summed E-state index contributed by atoms with van der Waals surface area (Å²) in [5.74, 6) is -0.370. The molecule has 0 amide bonds. The molecule has 4 heteroatoms. The highest BCUT2D eigenvalue weighted by atomic mass is 35.5. The van der Waals surface area contributed by atoms with E-state index in [-0.39, 0.29) is 11.6 Å². The predicted molar refractivity (Wildman–Crippen MR) is 113 cm³/mol. The number of ketones is 1. The lowest BCUT2D eigenvalue weighted by atomic mass is 9.86.